The van der Waals surface area contributed by atoms with Crippen molar-refractivity contribution in [1.29, 1.82) is 0 Å². The van der Waals surface area contributed by atoms with Crippen LogP contribution in [0.25, 0.3) is 0 Å². The fraction of sp³-hybridized carbons (Fsp3) is 0.571. The Kier molecular flexibility index (Phi) is 1.80. The van der Waals surface area contributed by atoms with E-state index < -0.39 is 0 Å². The first-order valence-corrected chi connectivity index (χ1v) is 4.12. The highest BCUT2D eigenvalue weighted by molar-refractivity contribution is 7.13. The van der Waals surface area contributed by atoms with Gasteiger partial charge in [0.1, 0.15) is 5.01 Å². The van der Waals surface area contributed by atoms with Crippen LogP contribution in [0, 0.1) is 0 Å². The molecule has 1 rings (SSSR count). The fourth-order valence-electron chi connectivity index (χ4n) is 0.625. The molecule has 0 saturated heterocycles. The van der Waals surface area contributed by atoms with Crippen LogP contribution in [0.15, 0.2) is 0 Å². The van der Waals surface area contributed by atoms with Crippen LogP contribution in [0.2, 0.25) is 0 Å². The molecule has 0 spiro atoms. The summed E-state index contributed by atoms with van der Waals surface area (Å²) in [6.45, 7) is 5.93. The minimum absolute atomic E-state index is 0.102. The zero-order chi connectivity index (χ0) is 8.65. The van der Waals surface area contributed by atoms with Crippen LogP contribution < -0.4 is 0 Å². The summed E-state index contributed by atoms with van der Waals surface area (Å²) in [7, 11) is 0. The van der Waals surface area contributed by atoms with Gasteiger partial charge in [-0.3, -0.25) is 0 Å². The summed E-state index contributed by atoms with van der Waals surface area (Å²) in [5.74, 6) is -0.264. The molecule has 0 saturated carbocycles. The van der Waals surface area contributed by atoms with E-state index in [4.69, 9.17) is 10.2 Å². The van der Waals surface area contributed by atoms with Gasteiger partial charge in [0.15, 0.2) is 0 Å². The zero-order valence-corrected chi connectivity index (χ0v) is 7.57. The predicted molar refractivity (Wildman–Crippen MR) is 44.1 cm³/mol. The molecule has 0 fully saturated rings. The summed E-state index contributed by atoms with van der Waals surface area (Å²) in [6, 6.07) is 0. The van der Waals surface area contributed by atoms with Crippen molar-refractivity contribution in [3.05, 3.63) is 5.01 Å². The lowest BCUT2D eigenvalue weighted by molar-refractivity contribution is 0.399. The number of thiazole rings is 1. The minimum Gasteiger partial charge on any atom is -0.496 e. The molecule has 0 aliphatic heterocycles. The van der Waals surface area contributed by atoms with Gasteiger partial charge in [-0.1, -0.05) is 32.1 Å². The molecule has 0 aliphatic rings. The number of hydrogen-bond donors (Lipinski definition) is 2. The van der Waals surface area contributed by atoms with Crippen molar-refractivity contribution in [2.45, 2.75) is 26.2 Å². The average molecular weight is 173 g/mol. The fourth-order valence-corrected chi connectivity index (χ4v) is 1.38. The molecule has 62 valence electrons. The van der Waals surface area contributed by atoms with Gasteiger partial charge in [0.05, 0.1) is 0 Å². The van der Waals surface area contributed by atoms with Crippen LogP contribution in [0.4, 0.5) is 0 Å². The smallest absolute Gasteiger partial charge is 0.266 e. The predicted octanol–water partition coefficient (Wildman–Crippen LogP) is 1.85. The first-order valence-electron chi connectivity index (χ1n) is 3.30. The van der Waals surface area contributed by atoms with E-state index in [2.05, 4.69) is 4.98 Å². The van der Waals surface area contributed by atoms with Gasteiger partial charge < -0.3 is 10.2 Å². The Bertz CT molecular complexity index is 242. The van der Waals surface area contributed by atoms with E-state index >= 15 is 0 Å². The van der Waals surface area contributed by atoms with Crippen LogP contribution >= 0.6 is 11.3 Å². The van der Waals surface area contributed by atoms with Crippen molar-refractivity contribution in [3.8, 4) is 10.9 Å². The number of aromatic hydroxyl groups is 2. The third kappa shape index (κ3) is 1.63. The molecular formula is C7H11NO2S. The molecule has 0 amide bonds. The number of hydrogen-bond acceptors (Lipinski definition) is 4. The highest BCUT2D eigenvalue weighted by Gasteiger charge is 2.20. The third-order valence-electron chi connectivity index (χ3n) is 1.23. The first-order chi connectivity index (χ1) is 4.91. The number of aromatic nitrogens is 1. The minimum atomic E-state index is -0.264. The van der Waals surface area contributed by atoms with Gasteiger partial charge in [-0.25, -0.2) is 4.98 Å². The van der Waals surface area contributed by atoms with Gasteiger partial charge in [0, 0.05) is 5.41 Å². The van der Waals surface area contributed by atoms with E-state index in [0.29, 0.717) is 0 Å². The quantitative estimate of drug-likeness (QED) is 0.629. The Morgan fingerprint density at radius 3 is 2.00 bits per heavy atom. The molecule has 11 heavy (non-hydrogen) atoms. The van der Waals surface area contributed by atoms with E-state index in [1.807, 2.05) is 20.8 Å². The van der Waals surface area contributed by atoms with Gasteiger partial charge in [0.25, 0.3) is 5.88 Å². The van der Waals surface area contributed by atoms with Gasteiger partial charge in [-0.05, 0) is 0 Å². The Labute approximate surface area is 69.3 Å². The van der Waals surface area contributed by atoms with Gasteiger partial charge in [-0.2, -0.15) is 0 Å². The highest BCUT2D eigenvalue weighted by atomic mass is 32.1. The second-order valence-electron chi connectivity index (χ2n) is 3.40. The standard InChI is InChI=1S/C7H11NO2S/c1-7(2,3)6-8-4(9)5(10)11-6/h9-10H,1-3H3. The second-order valence-corrected chi connectivity index (χ2v) is 4.38. The lowest BCUT2D eigenvalue weighted by Crippen LogP contribution is -2.09. The van der Waals surface area contributed by atoms with E-state index in [-0.39, 0.29) is 16.4 Å². The van der Waals surface area contributed by atoms with Gasteiger partial charge in [0.2, 0.25) is 5.06 Å². The molecule has 1 heterocycles. The van der Waals surface area contributed by atoms with Crippen LogP contribution in [-0.4, -0.2) is 15.2 Å². The molecule has 0 atom stereocenters. The molecule has 1 aromatic rings. The number of nitrogens with zero attached hydrogens (tertiary/aromatic N) is 1. The van der Waals surface area contributed by atoms with Crippen molar-refractivity contribution >= 4 is 11.3 Å². The molecule has 4 heteroatoms. The summed E-state index contributed by atoms with van der Waals surface area (Å²) < 4.78 is 0. The van der Waals surface area contributed by atoms with Crippen molar-refractivity contribution in [3.63, 3.8) is 0 Å². The van der Waals surface area contributed by atoms with Gasteiger partial charge in [-0.15, -0.1) is 0 Å². The van der Waals surface area contributed by atoms with Crippen molar-refractivity contribution in [2.24, 2.45) is 0 Å². The van der Waals surface area contributed by atoms with Crippen molar-refractivity contribution in [1.82, 2.24) is 4.98 Å². The summed E-state index contributed by atoms with van der Waals surface area (Å²) >= 11 is 1.12. The molecule has 0 bridgehead atoms. The SMILES string of the molecule is CC(C)(C)c1nc(O)c(O)s1. The monoisotopic (exact) mass is 173 g/mol. The van der Waals surface area contributed by atoms with E-state index in [1.54, 1.807) is 0 Å². The first kappa shape index (κ1) is 8.33. The molecule has 0 radical (unpaired) electrons. The topological polar surface area (TPSA) is 53.4 Å². The van der Waals surface area contributed by atoms with Crippen LogP contribution in [0.3, 0.4) is 0 Å². The maximum Gasteiger partial charge on any atom is 0.266 e. The van der Waals surface area contributed by atoms with Crippen molar-refractivity contribution in [2.75, 3.05) is 0 Å². The molecule has 1 aromatic heterocycles. The lowest BCUT2D eigenvalue weighted by Gasteiger charge is -2.12. The van der Waals surface area contributed by atoms with Crippen LogP contribution in [0.5, 0.6) is 10.9 Å². The molecule has 3 nitrogen and oxygen atoms in total. The Balaban J connectivity index is 3.08. The second kappa shape index (κ2) is 2.37. The summed E-state index contributed by atoms with van der Waals surface area (Å²) in [6.07, 6.45) is 0. The van der Waals surface area contributed by atoms with E-state index in [9.17, 15) is 0 Å². The normalized spacial score (nSPS) is 11.9. The van der Waals surface area contributed by atoms with Crippen molar-refractivity contribution < 1.29 is 10.2 Å². The maximum absolute atomic E-state index is 9.01. The largest absolute Gasteiger partial charge is 0.496 e. The van der Waals surface area contributed by atoms with E-state index in [1.165, 1.54) is 0 Å². The zero-order valence-electron chi connectivity index (χ0n) is 6.75. The average Bonchev–Trinajstić information content (AvgIpc) is 2.11. The molecule has 0 unspecified atom stereocenters. The summed E-state index contributed by atoms with van der Waals surface area (Å²) in [5, 5.41) is 18.6. The maximum atomic E-state index is 9.01. The highest BCUT2D eigenvalue weighted by Crippen LogP contribution is 2.36. The molecule has 0 aliphatic carbocycles. The Hall–Kier alpha value is -0.770. The molecule has 2 N–H and O–H groups in total. The third-order valence-corrected chi connectivity index (χ3v) is 2.51. The van der Waals surface area contributed by atoms with Gasteiger partial charge >= 0.3 is 0 Å². The van der Waals surface area contributed by atoms with Crippen LogP contribution in [-0.2, 0) is 5.41 Å². The summed E-state index contributed by atoms with van der Waals surface area (Å²) in [4.78, 5) is 3.81. The Morgan fingerprint density at radius 2 is 1.82 bits per heavy atom. The number of rotatable bonds is 0. The van der Waals surface area contributed by atoms with E-state index in [0.717, 1.165) is 16.3 Å². The summed E-state index contributed by atoms with van der Waals surface area (Å²) in [5.41, 5.74) is -0.108. The lowest BCUT2D eigenvalue weighted by atomic mass is 9.98. The Morgan fingerprint density at radius 1 is 1.27 bits per heavy atom. The molecular weight excluding hydrogens is 162 g/mol. The van der Waals surface area contributed by atoms with Crippen LogP contribution in [0.1, 0.15) is 25.8 Å². The molecule has 0 aromatic carbocycles.